The molecule has 2 rings (SSSR count). The van der Waals surface area contributed by atoms with Gasteiger partial charge in [-0.15, -0.1) is 0 Å². The number of carbonyl (C=O) groups excluding carboxylic acids is 2. The number of aromatic hydroxyl groups is 1. The number of phenols is 1. The average molecular weight is 395 g/mol. The zero-order valence-electron chi connectivity index (χ0n) is 12.9. The molecule has 0 radical (unpaired) electrons. The predicted molar refractivity (Wildman–Crippen MR) is 90.3 cm³/mol. The molecule has 126 valence electrons. The lowest BCUT2D eigenvalue weighted by molar-refractivity contribution is 0.0844. The second-order valence-corrected chi connectivity index (χ2v) is 5.41. The van der Waals surface area contributed by atoms with E-state index in [4.69, 9.17) is 9.47 Å². The summed E-state index contributed by atoms with van der Waals surface area (Å²) in [5, 5.41) is 9.62. The highest BCUT2D eigenvalue weighted by Gasteiger charge is 2.16. The van der Waals surface area contributed by atoms with Crippen LogP contribution in [0.25, 0.3) is 0 Å². The van der Waals surface area contributed by atoms with Crippen molar-refractivity contribution in [1.82, 2.24) is 10.9 Å². The standard InChI is InChI=1S/C16H15BrN2O5/c1-23-12-7-9(8-13(24-2)14(12)17)15(21)18-19-16(22)10-5-3-4-6-11(10)20/h3-8,20H,1-2H3,(H,18,21)(H,19,22). The fraction of sp³-hybridized carbons (Fsp3) is 0.125. The van der Waals surface area contributed by atoms with Crippen LogP contribution in [-0.4, -0.2) is 31.1 Å². The van der Waals surface area contributed by atoms with Crippen LogP contribution in [0.4, 0.5) is 0 Å². The van der Waals surface area contributed by atoms with E-state index in [1.54, 1.807) is 12.1 Å². The molecule has 7 nitrogen and oxygen atoms in total. The van der Waals surface area contributed by atoms with Gasteiger partial charge < -0.3 is 14.6 Å². The van der Waals surface area contributed by atoms with E-state index in [9.17, 15) is 14.7 Å². The van der Waals surface area contributed by atoms with Gasteiger partial charge in [-0.05, 0) is 40.2 Å². The Morgan fingerprint density at radius 3 is 2.08 bits per heavy atom. The van der Waals surface area contributed by atoms with Gasteiger partial charge in [0, 0.05) is 5.56 Å². The first-order valence-corrected chi connectivity index (χ1v) is 7.57. The number of hydrogen-bond donors (Lipinski definition) is 3. The number of methoxy groups -OCH3 is 2. The van der Waals surface area contributed by atoms with E-state index in [-0.39, 0.29) is 16.9 Å². The second-order valence-electron chi connectivity index (χ2n) is 4.62. The minimum Gasteiger partial charge on any atom is -0.507 e. The fourth-order valence-electron chi connectivity index (χ4n) is 1.92. The molecule has 0 saturated heterocycles. The van der Waals surface area contributed by atoms with E-state index < -0.39 is 11.8 Å². The lowest BCUT2D eigenvalue weighted by atomic mass is 10.2. The molecule has 0 aliphatic carbocycles. The highest BCUT2D eigenvalue weighted by Crippen LogP contribution is 2.35. The molecule has 0 atom stereocenters. The molecule has 0 unspecified atom stereocenters. The smallest absolute Gasteiger partial charge is 0.273 e. The zero-order chi connectivity index (χ0) is 17.7. The third-order valence-corrected chi connectivity index (χ3v) is 3.93. The fourth-order valence-corrected chi connectivity index (χ4v) is 2.47. The summed E-state index contributed by atoms with van der Waals surface area (Å²) in [7, 11) is 2.92. The van der Waals surface area contributed by atoms with Gasteiger partial charge in [-0.2, -0.15) is 0 Å². The SMILES string of the molecule is COc1cc(C(=O)NNC(=O)c2ccccc2O)cc(OC)c1Br. The summed E-state index contributed by atoms with van der Waals surface area (Å²) in [6.07, 6.45) is 0. The van der Waals surface area contributed by atoms with Gasteiger partial charge in [0.1, 0.15) is 21.7 Å². The average Bonchev–Trinajstić information content (AvgIpc) is 2.59. The summed E-state index contributed by atoms with van der Waals surface area (Å²) >= 11 is 3.31. The van der Waals surface area contributed by atoms with E-state index in [1.807, 2.05) is 0 Å². The molecule has 0 bridgehead atoms. The maximum absolute atomic E-state index is 12.2. The highest BCUT2D eigenvalue weighted by molar-refractivity contribution is 9.10. The molecule has 2 aromatic carbocycles. The van der Waals surface area contributed by atoms with E-state index in [0.717, 1.165) is 0 Å². The summed E-state index contributed by atoms with van der Waals surface area (Å²) in [6.45, 7) is 0. The minimum atomic E-state index is -0.641. The molecule has 0 aromatic heterocycles. The minimum absolute atomic E-state index is 0.0452. The Hall–Kier alpha value is -2.74. The summed E-state index contributed by atoms with van der Waals surface area (Å²) < 4.78 is 10.9. The number of phenolic OH excluding ortho intramolecular Hbond substituents is 1. The number of carbonyl (C=O) groups is 2. The number of rotatable bonds is 4. The predicted octanol–water partition coefficient (Wildman–Crippen LogP) is 2.25. The van der Waals surface area contributed by atoms with Gasteiger partial charge in [0.25, 0.3) is 11.8 Å². The molecule has 0 saturated carbocycles. The number of benzene rings is 2. The van der Waals surface area contributed by atoms with Crippen LogP contribution >= 0.6 is 15.9 Å². The summed E-state index contributed by atoms with van der Waals surface area (Å²) in [5.74, 6) is -0.574. The molecular weight excluding hydrogens is 380 g/mol. The molecule has 2 amide bonds. The maximum Gasteiger partial charge on any atom is 0.273 e. The number of amides is 2. The molecule has 8 heteroatoms. The van der Waals surface area contributed by atoms with Crippen LogP contribution in [0.1, 0.15) is 20.7 Å². The van der Waals surface area contributed by atoms with Crippen LogP contribution < -0.4 is 20.3 Å². The van der Waals surface area contributed by atoms with Gasteiger partial charge in [-0.3, -0.25) is 20.4 Å². The topological polar surface area (TPSA) is 96.9 Å². The molecule has 0 fully saturated rings. The van der Waals surface area contributed by atoms with Crippen LogP contribution in [0.2, 0.25) is 0 Å². The van der Waals surface area contributed by atoms with Gasteiger partial charge in [0.15, 0.2) is 0 Å². The number of hydrogen-bond acceptors (Lipinski definition) is 5. The van der Waals surface area contributed by atoms with E-state index in [1.165, 1.54) is 38.5 Å². The van der Waals surface area contributed by atoms with Gasteiger partial charge in [0.2, 0.25) is 0 Å². The van der Waals surface area contributed by atoms with Crippen molar-refractivity contribution in [3.63, 3.8) is 0 Å². The molecule has 24 heavy (non-hydrogen) atoms. The van der Waals surface area contributed by atoms with Crippen LogP contribution in [0.3, 0.4) is 0 Å². The van der Waals surface area contributed by atoms with Crippen LogP contribution in [-0.2, 0) is 0 Å². The normalized spacial score (nSPS) is 9.96. The number of para-hydroxylation sites is 1. The first-order chi connectivity index (χ1) is 11.5. The molecule has 3 N–H and O–H groups in total. The third kappa shape index (κ3) is 3.77. The van der Waals surface area contributed by atoms with Crippen LogP contribution in [0.15, 0.2) is 40.9 Å². The number of hydrazine groups is 1. The van der Waals surface area contributed by atoms with Crippen molar-refractivity contribution in [3.05, 3.63) is 52.0 Å². The van der Waals surface area contributed by atoms with E-state index >= 15 is 0 Å². The Balaban J connectivity index is 2.13. The van der Waals surface area contributed by atoms with Gasteiger partial charge in [0.05, 0.1) is 19.8 Å². The van der Waals surface area contributed by atoms with Crippen molar-refractivity contribution >= 4 is 27.7 Å². The van der Waals surface area contributed by atoms with Gasteiger partial charge in [-0.1, -0.05) is 12.1 Å². The largest absolute Gasteiger partial charge is 0.507 e. The van der Waals surface area contributed by atoms with Crippen molar-refractivity contribution < 1.29 is 24.2 Å². The first-order valence-electron chi connectivity index (χ1n) is 6.78. The second kappa shape index (κ2) is 7.69. The lowest BCUT2D eigenvalue weighted by Crippen LogP contribution is -2.41. The number of halogens is 1. The summed E-state index contributed by atoms with van der Waals surface area (Å²) in [4.78, 5) is 24.2. The van der Waals surface area contributed by atoms with E-state index in [0.29, 0.717) is 16.0 Å². The van der Waals surface area contributed by atoms with Crippen molar-refractivity contribution in [2.24, 2.45) is 0 Å². The van der Waals surface area contributed by atoms with Gasteiger partial charge >= 0.3 is 0 Å². The molecule has 0 heterocycles. The Bertz CT molecular complexity index is 754. The maximum atomic E-state index is 12.2. The zero-order valence-corrected chi connectivity index (χ0v) is 14.5. The summed E-state index contributed by atoms with van der Waals surface area (Å²) in [5.41, 5.74) is 4.78. The number of nitrogens with one attached hydrogen (secondary N) is 2. The molecular formula is C16H15BrN2O5. The Kier molecular flexibility index (Phi) is 5.64. The van der Waals surface area contributed by atoms with Crippen LogP contribution in [0.5, 0.6) is 17.2 Å². The van der Waals surface area contributed by atoms with Crippen molar-refractivity contribution in [2.75, 3.05) is 14.2 Å². The molecule has 0 aliphatic heterocycles. The monoisotopic (exact) mass is 394 g/mol. The van der Waals surface area contributed by atoms with Crippen molar-refractivity contribution in [3.8, 4) is 17.2 Å². The number of ether oxygens (including phenoxy) is 2. The quantitative estimate of drug-likeness (QED) is 0.691. The Morgan fingerprint density at radius 2 is 1.54 bits per heavy atom. The third-order valence-electron chi connectivity index (χ3n) is 3.15. The summed E-state index contributed by atoms with van der Waals surface area (Å²) in [6, 6.07) is 8.98. The van der Waals surface area contributed by atoms with E-state index in [2.05, 4.69) is 26.8 Å². The first kappa shape index (κ1) is 17.6. The lowest BCUT2D eigenvalue weighted by Gasteiger charge is -2.12. The van der Waals surface area contributed by atoms with Gasteiger partial charge in [-0.25, -0.2) is 0 Å². The Morgan fingerprint density at radius 1 is 1.00 bits per heavy atom. The Labute approximate surface area is 146 Å². The molecule has 2 aromatic rings. The molecule has 0 spiro atoms. The van der Waals surface area contributed by atoms with Crippen molar-refractivity contribution in [2.45, 2.75) is 0 Å². The highest BCUT2D eigenvalue weighted by atomic mass is 79.9. The van der Waals surface area contributed by atoms with Crippen molar-refractivity contribution in [1.29, 1.82) is 0 Å². The molecule has 0 aliphatic rings. The van der Waals surface area contributed by atoms with Crippen LogP contribution in [0, 0.1) is 0 Å².